The molecule has 1 saturated carbocycles. The molecule has 1 saturated heterocycles. The first-order valence-electron chi connectivity index (χ1n) is 7.70. The van der Waals surface area contributed by atoms with Crippen LogP contribution < -0.4 is 5.32 Å². The minimum atomic E-state index is -3.39. The van der Waals surface area contributed by atoms with E-state index in [2.05, 4.69) is 10.5 Å². The van der Waals surface area contributed by atoms with Crippen molar-refractivity contribution in [1.29, 1.82) is 0 Å². The molecule has 0 amide bonds. The maximum absolute atomic E-state index is 12.9. The lowest BCUT2D eigenvalue weighted by molar-refractivity contribution is 0.326. The lowest BCUT2D eigenvalue weighted by atomic mass is 10.2. The van der Waals surface area contributed by atoms with Gasteiger partial charge >= 0.3 is 0 Å². The van der Waals surface area contributed by atoms with Crippen molar-refractivity contribution >= 4 is 33.4 Å². The molecule has 0 bridgehead atoms. The molecule has 4 rings (SSSR count). The number of halogens is 1. The normalized spacial score (nSPS) is 21.7. The van der Waals surface area contributed by atoms with Crippen LogP contribution in [0.2, 0.25) is 0 Å². The Kier molecular flexibility index (Phi) is 4.64. The second-order valence-electron chi connectivity index (χ2n) is 6.09. The summed E-state index contributed by atoms with van der Waals surface area (Å²) in [5.41, 5.74) is 1.14. The highest BCUT2D eigenvalue weighted by atomic mass is 35.5. The van der Waals surface area contributed by atoms with Gasteiger partial charge < -0.3 is 9.84 Å². The summed E-state index contributed by atoms with van der Waals surface area (Å²) >= 11 is 0. The molecule has 2 fully saturated rings. The van der Waals surface area contributed by atoms with E-state index in [0.29, 0.717) is 11.3 Å². The van der Waals surface area contributed by atoms with E-state index in [-0.39, 0.29) is 30.2 Å². The number of hydrogen-bond donors (Lipinski definition) is 1. The summed E-state index contributed by atoms with van der Waals surface area (Å²) in [5, 5.41) is 8.01. The lowest BCUT2D eigenvalue weighted by Gasteiger charge is -2.27. The van der Waals surface area contributed by atoms with Gasteiger partial charge in [-0.15, -0.1) is 12.4 Å². The number of fused-ring (bicyclic) bond motifs is 1. The molecule has 126 valence electrons. The highest BCUT2D eigenvalue weighted by Gasteiger charge is 2.43. The number of rotatable bonds is 5. The van der Waals surface area contributed by atoms with E-state index in [1.54, 1.807) is 10.4 Å². The lowest BCUT2D eigenvalue weighted by Crippen LogP contribution is -2.43. The largest absolute Gasteiger partial charge is 0.356 e. The standard InChI is InChI=1S/C15H19N3O3S.ClH/c19-22(20,18(11-5-6-11)12-7-8-16-9-12)10-14-13-3-1-2-4-15(13)21-17-14;/h1-4,11-12,16H,5-10H2;1H. The van der Waals surface area contributed by atoms with E-state index in [1.807, 2.05) is 18.2 Å². The average Bonchev–Trinajstić information content (AvgIpc) is 3.01. The molecule has 6 nitrogen and oxygen atoms in total. The first kappa shape index (κ1) is 16.7. The Labute approximate surface area is 141 Å². The van der Waals surface area contributed by atoms with Crippen LogP contribution in [0, 0.1) is 0 Å². The van der Waals surface area contributed by atoms with Crippen LogP contribution in [0.1, 0.15) is 25.0 Å². The van der Waals surface area contributed by atoms with E-state index in [4.69, 9.17) is 4.52 Å². The van der Waals surface area contributed by atoms with E-state index >= 15 is 0 Å². The van der Waals surface area contributed by atoms with Crippen LogP contribution in [0.5, 0.6) is 0 Å². The second-order valence-corrected chi connectivity index (χ2v) is 7.96. The van der Waals surface area contributed by atoms with E-state index in [0.717, 1.165) is 37.7 Å². The summed E-state index contributed by atoms with van der Waals surface area (Å²) < 4.78 is 32.8. The smallest absolute Gasteiger partial charge is 0.220 e. The van der Waals surface area contributed by atoms with Gasteiger partial charge in [0.15, 0.2) is 5.58 Å². The highest BCUT2D eigenvalue weighted by Crippen LogP contribution is 2.34. The van der Waals surface area contributed by atoms with Crippen molar-refractivity contribution in [3.63, 3.8) is 0 Å². The van der Waals surface area contributed by atoms with Gasteiger partial charge in [0, 0.05) is 24.0 Å². The van der Waals surface area contributed by atoms with Crippen LogP contribution >= 0.6 is 12.4 Å². The summed E-state index contributed by atoms with van der Waals surface area (Å²) in [5.74, 6) is -0.0863. The number of hydrogen-bond acceptors (Lipinski definition) is 5. The zero-order valence-electron chi connectivity index (χ0n) is 12.6. The van der Waals surface area contributed by atoms with Gasteiger partial charge in [0.05, 0.1) is 0 Å². The van der Waals surface area contributed by atoms with Crippen molar-refractivity contribution < 1.29 is 12.9 Å². The molecule has 1 N–H and O–H groups in total. The summed E-state index contributed by atoms with van der Waals surface area (Å²) in [7, 11) is -3.39. The fourth-order valence-electron chi connectivity index (χ4n) is 3.23. The molecule has 1 aliphatic carbocycles. The van der Waals surface area contributed by atoms with Gasteiger partial charge in [0.25, 0.3) is 0 Å². The molecule has 23 heavy (non-hydrogen) atoms. The molecule has 2 aliphatic rings. The molecular formula is C15H20ClN3O3S. The number of sulfonamides is 1. The molecule has 1 aromatic heterocycles. The first-order valence-corrected chi connectivity index (χ1v) is 9.31. The third-order valence-corrected chi connectivity index (χ3v) is 6.27. The molecule has 1 aliphatic heterocycles. The molecule has 1 unspecified atom stereocenters. The summed E-state index contributed by atoms with van der Waals surface area (Å²) in [6, 6.07) is 7.64. The predicted molar refractivity (Wildman–Crippen MR) is 90.0 cm³/mol. The van der Waals surface area contributed by atoms with Gasteiger partial charge in [-0.2, -0.15) is 4.31 Å². The maximum atomic E-state index is 12.9. The monoisotopic (exact) mass is 357 g/mol. The van der Waals surface area contributed by atoms with Crippen LogP contribution in [-0.4, -0.2) is 43.1 Å². The molecule has 0 radical (unpaired) electrons. The molecule has 1 aromatic carbocycles. The van der Waals surface area contributed by atoms with Crippen molar-refractivity contribution in [2.45, 2.75) is 37.1 Å². The van der Waals surface area contributed by atoms with Gasteiger partial charge in [-0.05, 0) is 37.9 Å². The molecule has 2 heterocycles. The van der Waals surface area contributed by atoms with Gasteiger partial charge in [0.2, 0.25) is 10.0 Å². The van der Waals surface area contributed by atoms with Gasteiger partial charge in [0.1, 0.15) is 11.4 Å². The Bertz CT molecular complexity index is 782. The topological polar surface area (TPSA) is 75.4 Å². The number of para-hydroxylation sites is 1. The van der Waals surface area contributed by atoms with E-state index < -0.39 is 10.0 Å². The Morgan fingerprint density at radius 2 is 2.00 bits per heavy atom. The Morgan fingerprint density at radius 3 is 2.70 bits per heavy atom. The quantitative estimate of drug-likeness (QED) is 0.884. The Morgan fingerprint density at radius 1 is 1.22 bits per heavy atom. The minimum absolute atomic E-state index is 0. The molecule has 1 atom stereocenters. The fourth-order valence-corrected chi connectivity index (χ4v) is 5.23. The molecule has 8 heteroatoms. The summed E-state index contributed by atoms with van der Waals surface area (Å²) in [6.07, 6.45) is 2.82. The molecular weight excluding hydrogens is 338 g/mol. The summed E-state index contributed by atoms with van der Waals surface area (Å²) in [4.78, 5) is 0. The Balaban J connectivity index is 0.00000156. The SMILES string of the molecule is Cl.O=S(=O)(Cc1noc2ccccc12)N(C1CC1)C1CCNC1. The van der Waals surface area contributed by atoms with Crippen LogP contribution in [0.4, 0.5) is 0 Å². The minimum Gasteiger partial charge on any atom is -0.356 e. The first-order chi connectivity index (χ1) is 10.6. The van der Waals surface area contributed by atoms with Crippen molar-refractivity contribution in [1.82, 2.24) is 14.8 Å². The maximum Gasteiger partial charge on any atom is 0.220 e. The predicted octanol–water partition coefficient (Wildman–Crippen LogP) is 1.91. The van der Waals surface area contributed by atoms with Crippen molar-refractivity contribution in [3.05, 3.63) is 30.0 Å². The van der Waals surface area contributed by atoms with E-state index in [9.17, 15) is 8.42 Å². The van der Waals surface area contributed by atoms with Crippen molar-refractivity contribution in [2.75, 3.05) is 13.1 Å². The van der Waals surface area contributed by atoms with Crippen LogP contribution in [0.15, 0.2) is 28.8 Å². The van der Waals surface area contributed by atoms with Crippen molar-refractivity contribution in [2.24, 2.45) is 0 Å². The fraction of sp³-hybridized carbons (Fsp3) is 0.533. The number of nitrogens with zero attached hydrogens (tertiary/aromatic N) is 2. The van der Waals surface area contributed by atoms with Crippen molar-refractivity contribution in [3.8, 4) is 0 Å². The number of nitrogens with one attached hydrogen (secondary N) is 1. The number of aromatic nitrogens is 1. The average molecular weight is 358 g/mol. The van der Waals surface area contributed by atoms with Gasteiger partial charge in [-0.1, -0.05) is 17.3 Å². The zero-order valence-corrected chi connectivity index (χ0v) is 14.3. The van der Waals surface area contributed by atoms with Crippen LogP contribution in [-0.2, 0) is 15.8 Å². The van der Waals surface area contributed by atoms with Gasteiger partial charge in [-0.25, -0.2) is 8.42 Å². The molecule has 0 spiro atoms. The zero-order chi connectivity index (χ0) is 15.2. The summed E-state index contributed by atoms with van der Waals surface area (Å²) in [6.45, 7) is 1.63. The van der Waals surface area contributed by atoms with Crippen LogP contribution in [0.3, 0.4) is 0 Å². The third kappa shape index (κ3) is 3.24. The van der Waals surface area contributed by atoms with Gasteiger partial charge in [-0.3, -0.25) is 0 Å². The van der Waals surface area contributed by atoms with Crippen LogP contribution in [0.25, 0.3) is 11.0 Å². The Hall–Kier alpha value is -1.15. The second kappa shape index (κ2) is 6.39. The highest BCUT2D eigenvalue weighted by molar-refractivity contribution is 7.88. The molecule has 2 aromatic rings. The van der Waals surface area contributed by atoms with E-state index in [1.165, 1.54) is 0 Å². The third-order valence-electron chi connectivity index (χ3n) is 4.39. The number of benzene rings is 1.